The van der Waals surface area contributed by atoms with Gasteiger partial charge in [0, 0.05) is 18.7 Å². The standard InChI is InChI=1S/C15H24N2O3.C4H4O4/c1-15(2,3)17-9-11(18)10-20-12-4-5-13-14(8-12)19-7-6-16-13;5-3(6)1-2-4(7)8/h4-5,8,11,16-18H,6-7,9-10H2,1-3H3;1-2H,(H,5,6)(H,7,8)/b;2-1-. The molecule has 1 unspecified atom stereocenters. The van der Waals surface area contributed by atoms with Crippen LogP contribution in [0.2, 0.25) is 0 Å². The number of rotatable bonds is 7. The van der Waals surface area contributed by atoms with Crippen LogP contribution in [0.15, 0.2) is 30.4 Å². The molecular weight excluding hydrogens is 368 g/mol. The number of aliphatic hydroxyl groups excluding tert-OH is 1. The van der Waals surface area contributed by atoms with Gasteiger partial charge >= 0.3 is 5.97 Å². The van der Waals surface area contributed by atoms with Crippen molar-refractivity contribution in [1.29, 1.82) is 0 Å². The number of benzene rings is 1. The number of quaternary nitrogens is 1. The molecule has 1 heterocycles. The summed E-state index contributed by atoms with van der Waals surface area (Å²) in [6.45, 7) is 8.77. The van der Waals surface area contributed by atoms with Crippen LogP contribution in [0.4, 0.5) is 5.69 Å². The minimum Gasteiger partial charge on any atom is -0.545 e. The first-order valence-corrected chi connectivity index (χ1v) is 8.85. The van der Waals surface area contributed by atoms with Gasteiger partial charge in [-0.25, -0.2) is 4.79 Å². The lowest BCUT2D eigenvalue weighted by Gasteiger charge is -2.21. The molecular formula is C19H28N2O7. The zero-order valence-corrected chi connectivity index (χ0v) is 16.3. The van der Waals surface area contributed by atoms with Crippen molar-refractivity contribution in [2.45, 2.75) is 32.4 Å². The molecule has 9 nitrogen and oxygen atoms in total. The van der Waals surface area contributed by atoms with Crippen molar-refractivity contribution >= 4 is 17.6 Å². The molecule has 1 aromatic rings. The first-order chi connectivity index (χ1) is 13.1. The van der Waals surface area contributed by atoms with Crippen LogP contribution in [0.1, 0.15) is 20.8 Å². The lowest BCUT2D eigenvalue weighted by Crippen LogP contribution is -2.96. The van der Waals surface area contributed by atoms with Gasteiger partial charge in [-0.3, -0.25) is 0 Å². The van der Waals surface area contributed by atoms with E-state index in [1.54, 1.807) is 0 Å². The van der Waals surface area contributed by atoms with Crippen molar-refractivity contribution in [3.63, 3.8) is 0 Å². The Hall–Kier alpha value is -2.78. The Balaban J connectivity index is 0.000000416. The Bertz CT molecular complexity index is 667. The second-order valence-electron chi connectivity index (χ2n) is 7.19. The summed E-state index contributed by atoms with van der Waals surface area (Å²) >= 11 is 0. The summed E-state index contributed by atoms with van der Waals surface area (Å²) in [6, 6.07) is 5.69. The summed E-state index contributed by atoms with van der Waals surface area (Å²) in [7, 11) is 0. The second kappa shape index (κ2) is 11.2. The fourth-order valence-electron chi connectivity index (χ4n) is 2.09. The van der Waals surface area contributed by atoms with E-state index < -0.39 is 18.0 Å². The maximum atomic E-state index is 9.91. The van der Waals surface area contributed by atoms with Gasteiger partial charge in [-0.2, -0.15) is 0 Å². The molecule has 0 bridgehead atoms. The van der Waals surface area contributed by atoms with Gasteiger partial charge in [-0.05, 0) is 39.0 Å². The molecule has 28 heavy (non-hydrogen) atoms. The summed E-state index contributed by atoms with van der Waals surface area (Å²) < 4.78 is 11.2. The van der Waals surface area contributed by atoms with Gasteiger partial charge < -0.3 is 40.2 Å². The van der Waals surface area contributed by atoms with Gasteiger partial charge in [0.1, 0.15) is 37.4 Å². The lowest BCUT2D eigenvalue weighted by atomic mass is 10.1. The number of nitrogens with one attached hydrogen (secondary N) is 1. The van der Waals surface area contributed by atoms with Crippen molar-refractivity contribution in [2.75, 3.05) is 31.6 Å². The second-order valence-corrected chi connectivity index (χ2v) is 7.19. The molecule has 0 aromatic heterocycles. The van der Waals surface area contributed by atoms with Crippen LogP contribution in [0.3, 0.4) is 0 Å². The zero-order chi connectivity index (χ0) is 21.2. The fraction of sp³-hybridized carbons (Fsp3) is 0.474. The van der Waals surface area contributed by atoms with E-state index in [4.69, 9.17) is 14.6 Å². The lowest BCUT2D eigenvalue weighted by molar-refractivity contribution is -0.722. The Morgan fingerprint density at radius 1 is 1.39 bits per heavy atom. The summed E-state index contributed by atoms with van der Waals surface area (Å²) in [5, 5.41) is 32.5. The SMILES string of the molecule is CC(C)(C)[NH2+]CC(O)COc1ccc2c(c1)OCCN2.O=C([O-])/C=C\C(=O)O. The monoisotopic (exact) mass is 396 g/mol. The summed E-state index contributed by atoms with van der Waals surface area (Å²) in [4.78, 5) is 19.0. The molecule has 0 saturated carbocycles. The topological polar surface area (TPSA) is 145 Å². The van der Waals surface area contributed by atoms with E-state index in [0.29, 0.717) is 31.9 Å². The smallest absolute Gasteiger partial charge is 0.328 e. The quantitative estimate of drug-likeness (QED) is 0.428. The van der Waals surface area contributed by atoms with Gasteiger partial charge in [0.05, 0.1) is 17.2 Å². The average molecular weight is 396 g/mol. The molecule has 0 amide bonds. The molecule has 2 rings (SSSR count). The maximum Gasteiger partial charge on any atom is 0.328 e. The largest absolute Gasteiger partial charge is 0.545 e. The predicted molar refractivity (Wildman–Crippen MR) is 100 cm³/mol. The van der Waals surface area contributed by atoms with E-state index in [1.807, 2.05) is 18.2 Å². The van der Waals surface area contributed by atoms with Gasteiger partial charge in [-0.1, -0.05) is 0 Å². The van der Waals surface area contributed by atoms with Crippen LogP contribution in [0, 0.1) is 0 Å². The number of aliphatic carboxylic acids is 2. The van der Waals surface area contributed by atoms with Crippen LogP contribution >= 0.6 is 0 Å². The Kier molecular flexibility index (Phi) is 9.26. The Morgan fingerprint density at radius 2 is 2.11 bits per heavy atom. The zero-order valence-electron chi connectivity index (χ0n) is 16.3. The highest BCUT2D eigenvalue weighted by molar-refractivity contribution is 5.88. The van der Waals surface area contributed by atoms with Crippen molar-refractivity contribution in [1.82, 2.24) is 0 Å². The normalized spacial score (nSPS) is 14.0. The molecule has 1 aliphatic heterocycles. The highest BCUT2D eigenvalue weighted by Gasteiger charge is 2.17. The third kappa shape index (κ3) is 10.4. The molecule has 0 fully saturated rings. The molecule has 1 aromatic carbocycles. The number of carbonyl (C=O) groups excluding carboxylic acids is 1. The number of nitrogens with two attached hydrogens (primary N) is 1. The van der Waals surface area contributed by atoms with E-state index >= 15 is 0 Å². The highest BCUT2D eigenvalue weighted by atomic mass is 16.5. The number of hydrogen-bond acceptors (Lipinski definition) is 7. The van der Waals surface area contributed by atoms with E-state index in [9.17, 15) is 19.8 Å². The summed E-state index contributed by atoms with van der Waals surface area (Å²) in [6.07, 6.45) is 0.460. The molecule has 5 N–H and O–H groups in total. The van der Waals surface area contributed by atoms with E-state index in [-0.39, 0.29) is 5.54 Å². The molecule has 9 heteroatoms. The third-order valence-electron chi connectivity index (χ3n) is 3.43. The van der Waals surface area contributed by atoms with Crippen LogP contribution in [0.25, 0.3) is 0 Å². The van der Waals surface area contributed by atoms with Gasteiger partial charge in [-0.15, -0.1) is 0 Å². The van der Waals surface area contributed by atoms with Gasteiger partial charge in [0.25, 0.3) is 0 Å². The number of fused-ring (bicyclic) bond motifs is 1. The first kappa shape index (κ1) is 23.3. The van der Waals surface area contributed by atoms with Crippen molar-refractivity contribution in [2.24, 2.45) is 0 Å². The number of carbonyl (C=O) groups is 2. The van der Waals surface area contributed by atoms with Crippen LogP contribution in [-0.4, -0.2) is 60.1 Å². The number of carboxylic acid groups (broad SMARTS) is 2. The molecule has 1 aliphatic rings. The number of carboxylic acids is 2. The number of ether oxygens (including phenoxy) is 2. The summed E-state index contributed by atoms with van der Waals surface area (Å²) in [5.74, 6) is -1.27. The number of hydrogen-bond donors (Lipinski definition) is 4. The Morgan fingerprint density at radius 3 is 2.68 bits per heavy atom. The third-order valence-corrected chi connectivity index (χ3v) is 3.43. The molecule has 0 saturated heterocycles. The van der Waals surface area contributed by atoms with Gasteiger partial charge in [0.15, 0.2) is 0 Å². The average Bonchev–Trinajstić information content (AvgIpc) is 2.63. The van der Waals surface area contributed by atoms with Crippen LogP contribution < -0.4 is 25.2 Å². The van der Waals surface area contributed by atoms with Crippen LogP contribution in [0.5, 0.6) is 11.5 Å². The fourth-order valence-corrected chi connectivity index (χ4v) is 2.09. The van der Waals surface area contributed by atoms with Crippen LogP contribution in [-0.2, 0) is 9.59 Å². The molecule has 0 aliphatic carbocycles. The summed E-state index contributed by atoms with van der Waals surface area (Å²) in [5.41, 5.74) is 1.11. The van der Waals surface area contributed by atoms with E-state index in [1.165, 1.54) is 0 Å². The van der Waals surface area contributed by atoms with Crippen molar-refractivity contribution < 1.29 is 39.7 Å². The predicted octanol–water partition coefficient (Wildman–Crippen LogP) is -1.03. The van der Waals surface area contributed by atoms with E-state index in [0.717, 1.165) is 23.7 Å². The maximum absolute atomic E-state index is 9.91. The number of aliphatic hydroxyl groups is 1. The van der Waals surface area contributed by atoms with Gasteiger partial charge in [0.2, 0.25) is 0 Å². The molecule has 0 spiro atoms. The minimum atomic E-state index is -1.51. The highest BCUT2D eigenvalue weighted by Crippen LogP contribution is 2.31. The minimum absolute atomic E-state index is 0.117. The Labute approximate surface area is 164 Å². The molecule has 156 valence electrons. The number of anilines is 1. The van der Waals surface area contributed by atoms with Crippen molar-refractivity contribution in [3.05, 3.63) is 30.4 Å². The van der Waals surface area contributed by atoms with Crippen molar-refractivity contribution in [3.8, 4) is 11.5 Å². The van der Waals surface area contributed by atoms with E-state index in [2.05, 4.69) is 31.4 Å². The first-order valence-electron chi connectivity index (χ1n) is 8.85. The molecule has 1 atom stereocenters. The molecule has 0 radical (unpaired) electrons.